The summed E-state index contributed by atoms with van der Waals surface area (Å²) in [5.74, 6) is -0.597. The van der Waals surface area contributed by atoms with Gasteiger partial charge in [-0.05, 0) is 13.8 Å². The molecule has 0 aromatic heterocycles. The van der Waals surface area contributed by atoms with Crippen molar-refractivity contribution in [2.75, 3.05) is 26.4 Å². The van der Waals surface area contributed by atoms with E-state index in [2.05, 4.69) is 0 Å². The minimum Gasteiger partial charge on any atom is -0.348 e. The standard InChI is InChI=1S/C12H19N2O5P/c1-12(2)15-9-11(19-12)10-18-20(16-7-3-5-13)17-8-4-6-14/h11H,3-4,7-10H2,1-2H3/t11-/m1/s1. The Bertz CT molecular complexity index is 346. The molecule has 1 rings (SSSR count). The summed E-state index contributed by atoms with van der Waals surface area (Å²) in [5.41, 5.74) is 0. The number of hydrogen-bond acceptors (Lipinski definition) is 7. The second-order valence-electron chi connectivity index (χ2n) is 4.45. The summed E-state index contributed by atoms with van der Waals surface area (Å²) in [7, 11) is -1.57. The van der Waals surface area contributed by atoms with Crippen molar-refractivity contribution in [2.45, 2.75) is 38.6 Å². The van der Waals surface area contributed by atoms with Crippen LogP contribution in [0, 0.1) is 22.7 Å². The molecule has 0 N–H and O–H groups in total. The highest BCUT2D eigenvalue weighted by atomic mass is 31.2. The fourth-order valence-corrected chi connectivity index (χ4v) is 2.42. The molecule has 0 saturated carbocycles. The first-order chi connectivity index (χ1) is 9.57. The Morgan fingerprint density at radius 3 is 2.20 bits per heavy atom. The minimum atomic E-state index is -1.57. The Kier molecular flexibility index (Phi) is 7.94. The Morgan fingerprint density at radius 2 is 1.75 bits per heavy atom. The van der Waals surface area contributed by atoms with E-state index in [1.54, 1.807) is 0 Å². The first-order valence-electron chi connectivity index (χ1n) is 6.32. The largest absolute Gasteiger partial charge is 0.348 e. The van der Waals surface area contributed by atoms with Crippen molar-refractivity contribution in [1.29, 1.82) is 10.5 Å². The van der Waals surface area contributed by atoms with Crippen LogP contribution >= 0.6 is 8.60 Å². The molecule has 20 heavy (non-hydrogen) atoms. The predicted octanol–water partition coefficient (Wildman–Crippen LogP) is 2.24. The van der Waals surface area contributed by atoms with Gasteiger partial charge in [-0.3, -0.25) is 0 Å². The summed E-state index contributed by atoms with van der Waals surface area (Å²) in [5, 5.41) is 16.9. The lowest BCUT2D eigenvalue weighted by atomic mass is 10.4. The average molecular weight is 302 g/mol. The van der Waals surface area contributed by atoms with Crippen LogP contribution in [0.25, 0.3) is 0 Å². The normalized spacial score (nSPS) is 20.8. The molecule has 0 aromatic carbocycles. The van der Waals surface area contributed by atoms with E-state index in [0.29, 0.717) is 6.61 Å². The van der Waals surface area contributed by atoms with Crippen molar-refractivity contribution in [1.82, 2.24) is 0 Å². The van der Waals surface area contributed by atoms with E-state index >= 15 is 0 Å². The quantitative estimate of drug-likeness (QED) is 0.476. The Labute approximate surface area is 120 Å². The van der Waals surface area contributed by atoms with E-state index < -0.39 is 14.4 Å². The lowest BCUT2D eigenvalue weighted by Gasteiger charge is -2.19. The summed E-state index contributed by atoms with van der Waals surface area (Å²) in [6, 6.07) is 3.95. The topological polar surface area (TPSA) is 93.7 Å². The van der Waals surface area contributed by atoms with Gasteiger partial charge in [0.1, 0.15) is 6.10 Å². The molecule has 0 amide bonds. The van der Waals surface area contributed by atoms with Crippen molar-refractivity contribution >= 4 is 8.60 Å². The maximum atomic E-state index is 8.47. The van der Waals surface area contributed by atoms with Crippen molar-refractivity contribution in [3.05, 3.63) is 0 Å². The summed E-state index contributed by atoms with van der Waals surface area (Å²) in [4.78, 5) is 0. The van der Waals surface area contributed by atoms with Gasteiger partial charge in [-0.15, -0.1) is 0 Å². The summed E-state index contributed by atoms with van der Waals surface area (Å²) in [6.45, 7) is 4.89. The zero-order valence-corrected chi connectivity index (χ0v) is 12.6. The molecule has 112 valence electrons. The lowest BCUT2D eigenvalue weighted by Crippen LogP contribution is -2.23. The van der Waals surface area contributed by atoms with Crippen LogP contribution < -0.4 is 0 Å². The molecular formula is C12H19N2O5P. The molecule has 0 spiro atoms. The summed E-state index contributed by atoms with van der Waals surface area (Å²) >= 11 is 0. The maximum Gasteiger partial charge on any atom is 0.332 e. The predicted molar refractivity (Wildman–Crippen MR) is 70.1 cm³/mol. The highest BCUT2D eigenvalue weighted by molar-refractivity contribution is 7.41. The van der Waals surface area contributed by atoms with Crippen LogP contribution in [0.2, 0.25) is 0 Å². The van der Waals surface area contributed by atoms with Crippen LogP contribution in [0.1, 0.15) is 26.7 Å². The molecule has 0 bridgehead atoms. The van der Waals surface area contributed by atoms with Gasteiger partial charge in [0, 0.05) is 0 Å². The molecular weight excluding hydrogens is 283 g/mol. The van der Waals surface area contributed by atoms with E-state index in [-0.39, 0.29) is 38.8 Å². The number of rotatable bonds is 9. The van der Waals surface area contributed by atoms with Gasteiger partial charge >= 0.3 is 8.60 Å². The van der Waals surface area contributed by atoms with Crippen molar-refractivity contribution in [3.63, 3.8) is 0 Å². The third-order valence-electron chi connectivity index (χ3n) is 2.25. The molecule has 1 saturated heterocycles. The van der Waals surface area contributed by atoms with E-state index in [9.17, 15) is 0 Å². The molecule has 8 heteroatoms. The molecule has 1 aliphatic rings. The van der Waals surface area contributed by atoms with Crippen LogP contribution in [0.15, 0.2) is 0 Å². The zero-order chi connectivity index (χ0) is 14.8. The fraction of sp³-hybridized carbons (Fsp3) is 0.833. The lowest BCUT2D eigenvalue weighted by molar-refractivity contribution is -0.141. The number of hydrogen-bond donors (Lipinski definition) is 0. The Hall–Kier alpha value is -0.790. The van der Waals surface area contributed by atoms with Gasteiger partial charge in [-0.2, -0.15) is 10.5 Å². The first-order valence-corrected chi connectivity index (χ1v) is 7.41. The molecule has 0 radical (unpaired) electrons. The molecule has 1 heterocycles. The van der Waals surface area contributed by atoms with Gasteiger partial charge in [0.15, 0.2) is 5.79 Å². The highest BCUT2D eigenvalue weighted by Crippen LogP contribution is 2.40. The van der Waals surface area contributed by atoms with Gasteiger partial charge in [-0.1, -0.05) is 0 Å². The molecule has 7 nitrogen and oxygen atoms in total. The van der Waals surface area contributed by atoms with Crippen LogP contribution in [-0.4, -0.2) is 38.3 Å². The van der Waals surface area contributed by atoms with Gasteiger partial charge in [0.05, 0.1) is 51.4 Å². The van der Waals surface area contributed by atoms with Gasteiger partial charge in [0.25, 0.3) is 0 Å². The van der Waals surface area contributed by atoms with E-state index in [1.165, 1.54) is 0 Å². The minimum absolute atomic E-state index is 0.172. The van der Waals surface area contributed by atoms with E-state index in [1.807, 2.05) is 26.0 Å². The summed E-state index contributed by atoms with van der Waals surface area (Å²) < 4.78 is 27.2. The third kappa shape index (κ3) is 7.12. The van der Waals surface area contributed by atoms with Crippen molar-refractivity contribution in [2.24, 2.45) is 0 Å². The first kappa shape index (κ1) is 17.3. The molecule has 1 fully saturated rings. The number of ether oxygens (including phenoxy) is 2. The average Bonchev–Trinajstić information content (AvgIpc) is 2.75. The van der Waals surface area contributed by atoms with Gasteiger partial charge in [-0.25, -0.2) is 0 Å². The van der Waals surface area contributed by atoms with Gasteiger partial charge < -0.3 is 23.0 Å². The van der Waals surface area contributed by atoms with Crippen LogP contribution in [0.5, 0.6) is 0 Å². The number of nitriles is 2. The molecule has 1 atom stereocenters. The Morgan fingerprint density at radius 1 is 1.15 bits per heavy atom. The second kappa shape index (κ2) is 9.20. The maximum absolute atomic E-state index is 8.47. The van der Waals surface area contributed by atoms with E-state index in [0.717, 1.165) is 0 Å². The van der Waals surface area contributed by atoms with Crippen LogP contribution in [0.3, 0.4) is 0 Å². The molecule has 0 aromatic rings. The smallest absolute Gasteiger partial charge is 0.332 e. The molecule has 1 aliphatic heterocycles. The number of nitrogens with zero attached hydrogens (tertiary/aromatic N) is 2. The fourth-order valence-electron chi connectivity index (χ4n) is 1.43. The van der Waals surface area contributed by atoms with Crippen LogP contribution in [0.4, 0.5) is 0 Å². The van der Waals surface area contributed by atoms with Gasteiger partial charge in [0.2, 0.25) is 0 Å². The third-order valence-corrected chi connectivity index (χ3v) is 3.40. The SMILES string of the molecule is CC1(C)OC[C@H](COP(OCCC#N)OCCC#N)O1. The van der Waals surface area contributed by atoms with Crippen molar-refractivity contribution in [3.8, 4) is 12.1 Å². The highest BCUT2D eigenvalue weighted by Gasteiger charge is 2.33. The van der Waals surface area contributed by atoms with Crippen molar-refractivity contribution < 1.29 is 23.0 Å². The molecule has 0 unspecified atom stereocenters. The molecule has 0 aliphatic carbocycles. The van der Waals surface area contributed by atoms with E-state index in [4.69, 9.17) is 33.6 Å². The Balaban J connectivity index is 2.28. The second-order valence-corrected chi connectivity index (χ2v) is 5.67. The van der Waals surface area contributed by atoms with Crippen LogP contribution in [-0.2, 0) is 23.0 Å². The zero-order valence-electron chi connectivity index (χ0n) is 11.7. The monoisotopic (exact) mass is 302 g/mol. The summed E-state index contributed by atoms with van der Waals surface area (Å²) in [6.07, 6.45) is 0.355.